The second-order valence-electron chi connectivity index (χ2n) is 12.6. The van der Waals surface area contributed by atoms with E-state index in [0.717, 1.165) is 31.4 Å². The van der Waals surface area contributed by atoms with Gasteiger partial charge in [0.2, 0.25) is 0 Å². The largest absolute Gasteiger partial charge is 0.490 e. The highest BCUT2D eigenvalue weighted by atomic mass is 32.2. The number of nitrogens with one attached hydrogen (secondary N) is 1. The van der Waals surface area contributed by atoms with Crippen molar-refractivity contribution in [3.63, 3.8) is 0 Å². The van der Waals surface area contributed by atoms with Gasteiger partial charge < -0.3 is 19.5 Å². The predicted molar refractivity (Wildman–Crippen MR) is 182 cm³/mol. The second kappa shape index (κ2) is 16.4. The van der Waals surface area contributed by atoms with Gasteiger partial charge in [-0.1, -0.05) is 55.0 Å². The average Bonchev–Trinajstić information content (AvgIpc) is 3.03. The first-order valence-electron chi connectivity index (χ1n) is 16.1. The SMILES string of the molecule is Cc1ccc(S(=O)(=O)Nc2ccc3c(c2)C(=O)N([C@H](C)CO)C[C@H](C)[C@@H](CN(C)Cc2ccccc2)OCCCC[C@H](C)O3)cc1. The van der Waals surface area contributed by atoms with E-state index in [9.17, 15) is 18.3 Å². The smallest absolute Gasteiger partial charge is 0.261 e. The molecule has 1 heterocycles. The van der Waals surface area contributed by atoms with Crippen LogP contribution >= 0.6 is 0 Å². The van der Waals surface area contributed by atoms with Crippen molar-refractivity contribution in [1.82, 2.24) is 9.80 Å². The summed E-state index contributed by atoms with van der Waals surface area (Å²) in [5, 5.41) is 10.2. The third-order valence-corrected chi connectivity index (χ3v) is 9.82. The molecule has 3 aromatic rings. The van der Waals surface area contributed by atoms with E-state index in [1.165, 1.54) is 11.6 Å². The van der Waals surface area contributed by atoms with Crippen molar-refractivity contribution >= 4 is 21.6 Å². The van der Waals surface area contributed by atoms with Crippen LogP contribution in [-0.2, 0) is 21.3 Å². The molecule has 9 nitrogen and oxygen atoms in total. The molecule has 0 unspecified atom stereocenters. The van der Waals surface area contributed by atoms with Crippen molar-refractivity contribution in [2.45, 2.75) is 76.6 Å². The minimum absolute atomic E-state index is 0.0642. The molecule has 1 aliphatic rings. The Labute approximate surface area is 274 Å². The van der Waals surface area contributed by atoms with Crippen LogP contribution in [0.5, 0.6) is 5.75 Å². The molecule has 4 atom stereocenters. The Morgan fingerprint density at radius 1 is 1.04 bits per heavy atom. The number of anilines is 1. The van der Waals surface area contributed by atoms with Crippen molar-refractivity contribution in [3.05, 3.63) is 89.5 Å². The van der Waals surface area contributed by atoms with Crippen molar-refractivity contribution in [2.24, 2.45) is 5.92 Å². The Kier molecular flexibility index (Phi) is 12.6. The first-order chi connectivity index (χ1) is 22.0. The van der Waals surface area contributed by atoms with Gasteiger partial charge in [-0.15, -0.1) is 0 Å². The van der Waals surface area contributed by atoms with Gasteiger partial charge in [0.05, 0.1) is 35.3 Å². The zero-order valence-electron chi connectivity index (χ0n) is 27.7. The van der Waals surface area contributed by atoms with Crippen LogP contribution in [0.4, 0.5) is 5.69 Å². The number of ether oxygens (including phenoxy) is 2. The maximum absolute atomic E-state index is 14.4. The molecule has 0 aliphatic carbocycles. The van der Waals surface area contributed by atoms with Crippen LogP contribution < -0.4 is 9.46 Å². The first-order valence-corrected chi connectivity index (χ1v) is 17.6. The van der Waals surface area contributed by atoms with E-state index < -0.39 is 16.1 Å². The summed E-state index contributed by atoms with van der Waals surface area (Å²) in [6.07, 6.45) is 2.21. The lowest BCUT2D eigenvalue weighted by Crippen LogP contribution is -2.47. The summed E-state index contributed by atoms with van der Waals surface area (Å²) < 4.78 is 41.8. The Morgan fingerprint density at radius 3 is 2.46 bits per heavy atom. The van der Waals surface area contributed by atoms with Gasteiger partial charge in [-0.25, -0.2) is 8.42 Å². The zero-order valence-corrected chi connectivity index (χ0v) is 28.5. The van der Waals surface area contributed by atoms with Gasteiger partial charge in [0.25, 0.3) is 15.9 Å². The third kappa shape index (κ3) is 9.78. The van der Waals surface area contributed by atoms with E-state index >= 15 is 0 Å². The zero-order chi connectivity index (χ0) is 33.3. The summed E-state index contributed by atoms with van der Waals surface area (Å²) in [5.74, 6) is -0.0305. The number of aryl methyl sites for hydroxylation is 1. The van der Waals surface area contributed by atoms with E-state index in [0.29, 0.717) is 25.4 Å². The minimum atomic E-state index is -3.90. The van der Waals surface area contributed by atoms with Gasteiger partial charge in [0.15, 0.2) is 0 Å². The van der Waals surface area contributed by atoms with Crippen LogP contribution in [0.1, 0.15) is 61.5 Å². The fraction of sp³-hybridized carbons (Fsp3) is 0.472. The summed E-state index contributed by atoms with van der Waals surface area (Å²) in [4.78, 5) is 18.4. The van der Waals surface area contributed by atoms with Crippen LogP contribution in [0.15, 0.2) is 77.7 Å². The van der Waals surface area contributed by atoms with Crippen LogP contribution in [-0.4, -0.2) is 80.8 Å². The Hall–Kier alpha value is -3.44. The van der Waals surface area contributed by atoms with Crippen molar-refractivity contribution in [2.75, 3.05) is 38.1 Å². The lowest BCUT2D eigenvalue weighted by Gasteiger charge is -2.36. The van der Waals surface area contributed by atoms with Gasteiger partial charge >= 0.3 is 0 Å². The molecule has 3 aromatic carbocycles. The van der Waals surface area contributed by atoms with E-state index in [1.54, 1.807) is 48.2 Å². The number of likely N-dealkylation sites (N-methyl/N-ethyl adjacent to an activating group) is 1. The number of carbonyl (C=O) groups excluding carboxylic acids is 1. The molecule has 0 fully saturated rings. The predicted octanol–water partition coefficient (Wildman–Crippen LogP) is 5.72. The van der Waals surface area contributed by atoms with Crippen LogP contribution in [0.25, 0.3) is 0 Å². The monoisotopic (exact) mass is 651 g/mol. The average molecular weight is 652 g/mol. The molecule has 1 aliphatic heterocycles. The molecule has 2 N–H and O–H groups in total. The van der Waals surface area contributed by atoms with Crippen LogP contribution in [0, 0.1) is 12.8 Å². The highest BCUT2D eigenvalue weighted by Crippen LogP contribution is 2.29. The molecule has 10 heteroatoms. The summed E-state index contributed by atoms with van der Waals surface area (Å²) in [7, 11) is -1.82. The maximum Gasteiger partial charge on any atom is 0.261 e. The number of fused-ring (bicyclic) bond motifs is 1. The van der Waals surface area contributed by atoms with Crippen molar-refractivity contribution in [3.8, 4) is 5.75 Å². The number of benzene rings is 3. The van der Waals surface area contributed by atoms with E-state index in [-0.39, 0.29) is 46.8 Å². The molecular formula is C36H49N3O6S. The molecule has 0 saturated carbocycles. The lowest BCUT2D eigenvalue weighted by atomic mass is 10.0. The molecule has 1 amide bonds. The second-order valence-corrected chi connectivity index (χ2v) is 14.3. The van der Waals surface area contributed by atoms with Crippen molar-refractivity contribution in [1.29, 1.82) is 0 Å². The van der Waals surface area contributed by atoms with E-state index in [1.807, 2.05) is 32.0 Å². The number of aliphatic hydroxyl groups is 1. The molecule has 0 bridgehead atoms. The summed E-state index contributed by atoms with van der Waals surface area (Å²) >= 11 is 0. The quantitative estimate of drug-likeness (QED) is 0.305. The van der Waals surface area contributed by atoms with E-state index in [4.69, 9.17) is 9.47 Å². The lowest BCUT2D eigenvalue weighted by molar-refractivity contribution is -0.0177. The molecule has 0 spiro atoms. The Morgan fingerprint density at radius 2 is 1.76 bits per heavy atom. The van der Waals surface area contributed by atoms with Gasteiger partial charge in [-0.2, -0.15) is 0 Å². The number of nitrogens with zero attached hydrogens (tertiary/aromatic N) is 2. The standard InChI is InChI=1S/C36H49N3O6S/c1-26-14-17-32(18-15-26)46(42,43)37-31-16-19-34-33(21-31)36(41)39(28(3)25-40)22-27(2)35(44-20-10-9-11-29(4)45-34)24-38(5)23-30-12-7-6-8-13-30/h6-8,12-19,21,27-29,35,37,40H,9-11,20,22-25H2,1-5H3/t27-,28+,29-,35+/m0/s1. The fourth-order valence-electron chi connectivity index (χ4n) is 5.65. The van der Waals surface area contributed by atoms with Gasteiger partial charge in [0.1, 0.15) is 5.75 Å². The number of hydrogen-bond acceptors (Lipinski definition) is 7. The fourth-order valence-corrected chi connectivity index (χ4v) is 6.70. The highest BCUT2D eigenvalue weighted by molar-refractivity contribution is 7.92. The number of amides is 1. The third-order valence-electron chi connectivity index (χ3n) is 8.42. The van der Waals surface area contributed by atoms with Gasteiger partial charge in [-0.05, 0) is 83.0 Å². The first kappa shape index (κ1) is 35.4. The Bertz CT molecular complexity index is 1520. The van der Waals surface area contributed by atoms with E-state index in [2.05, 4.69) is 35.7 Å². The normalized spacial score (nSPS) is 20.8. The molecule has 0 saturated heterocycles. The molecule has 4 rings (SSSR count). The summed E-state index contributed by atoms with van der Waals surface area (Å²) in [5.41, 5.74) is 2.64. The Balaban J connectivity index is 1.64. The van der Waals surface area contributed by atoms with Crippen molar-refractivity contribution < 1.29 is 27.8 Å². The van der Waals surface area contributed by atoms with Gasteiger partial charge in [-0.3, -0.25) is 14.4 Å². The molecular weight excluding hydrogens is 602 g/mol. The minimum Gasteiger partial charge on any atom is -0.490 e. The summed E-state index contributed by atoms with van der Waals surface area (Å²) in [6.45, 7) is 9.88. The molecule has 0 aromatic heterocycles. The number of rotatable bonds is 9. The molecule has 0 radical (unpaired) electrons. The molecule has 46 heavy (non-hydrogen) atoms. The summed E-state index contributed by atoms with van der Waals surface area (Å²) in [6, 6.07) is 21.2. The number of sulfonamides is 1. The maximum atomic E-state index is 14.4. The van der Waals surface area contributed by atoms with Crippen LogP contribution in [0.3, 0.4) is 0 Å². The number of carbonyl (C=O) groups is 1. The van der Waals surface area contributed by atoms with Crippen LogP contribution in [0.2, 0.25) is 0 Å². The highest BCUT2D eigenvalue weighted by Gasteiger charge is 2.30. The topological polar surface area (TPSA) is 108 Å². The number of hydrogen-bond donors (Lipinski definition) is 2. The number of aliphatic hydroxyl groups excluding tert-OH is 1. The van der Waals surface area contributed by atoms with Gasteiger partial charge in [0, 0.05) is 37.8 Å². The molecule has 250 valence electrons.